The summed E-state index contributed by atoms with van der Waals surface area (Å²) in [4.78, 5) is 0. The fourth-order valence-electron chi connectivity index (χ4n) is 2.82. The van der Waals surface area contributed by atoms with Crippen molar-refractivity contribution in [2.45, 2.75) is 40.0 Å². The first-order valence-corrected chi connectivity index (χ1v) is 7.81. The minimum atomic E-state index is 0.0386. The third-order valence-electron chi connectivity index (χ3n) is 4.07. The zero-order valence-corrected chi connectivity index (χ0v) is 13.4. The molecule has 0 saturated carbocycles. The van der Waals surface area contributed by atoms with Crippen LogP contribution in [0.1, 0.15) is 23.9 Å². The van der Waals surface area contributed by atoms with Gasteiger partial charge in [0, 0.05) is 30.9 Å². The van der Waals surface area contributed by atoms with Crippen LogP contribution in [-0.4, -0.2) is 29.0 Å². The monoisotopic (exact) mass is 301 g/mol. The highest BCUT2D eigenvalue weighted by molar-refractivity contribution is 5.40. The number of hydrogen-bond acceptors (Lipinski definition) is 4. The molecular weight excluding hydrogens is 278 g/mol. The van der Waals surface area contributed by atoms with Crippen LogP contribution in [0, 0.1) is 13.8 Å². The molecular formula is C17H23N3O2. The molecule has 0 amide bonds. The molecule has 1 aromatic carbocycles. The summed E-state index contributed by atoms with van der Waals surface area (Å²) in [6, 6.07) is 7.80. The quantitative estimate of drug-likeness (QED) is 0.921. The molecule has 118 valence electrons. The Hall–Kier alpha value is -2.01. The van der Waals surface area contributed by atoms with E-state index in [1.165, 1.54) is 11.3 Å². The van der Waals surface area contributed by atoms with Crippen LogP contribution in [0.3, 0.4) is 0 Å². The fourth-order valence-corrected chi connectivity index (χ4v) is 2.82. The molecule has 1 aliphatic rings. The SMILES string of the molecule is CCn1nc(C)c(CNCC2COc3ccccc3O2)c1C. The van der Waals surface area contributed by atoms with Gasteiger partial charge in [0.25, 0.3) is 0 Å². The van der Waals surface area contributed by atoms with Crippen LogP contribution in [0.5, 0.6) is 11.5 Å². The van der Waals surface area contributed by atoms with Crippen LogP contribution in [-0.2, 0) is 13.1 Å². The normalized spacial score (nSPS) is 16.8. The molecule has 0 spiro atoms. The van der Waals surface area contributed by atoms with Gasteiger partial charge in [0.2, 0.25) is 0 Å². The number of para-hydroxylation sites is 2. The highest BCUT2D eigenvalue weighted by Crippen LogP contribution is 2.30. The predicted molar refractivity (Wildman–Crippen MR) is 85.4 cm³/mol. The molecule has 1 unspecified atom stereocenters. The molecule has 0 aliphatic carbocycles. The standard InChI is InChI=1S/C17H23N3O2/c1-4-20-13(3)15(12(2)19-20)10-18-9-14-11-21-16-7-5-6-8-17(16)22-14/h5-8,14,18H,4,9-11H2,1-3H3. The van der Waals surface area contributed by atoms with Gasteiger partial charge in [-0.2, -0.15) is 5.10 Å². The Morgan fingerprint density at radius 2 is 2.05 bits per heavy atom. The van der Waals surface area contributed by atoms with Crippen LogP contribution in [0.25, 0.3) is 0 Å². The Kier molecular flexibility index (Phi) is 4.34. The summed E-state index contributed by atoms with van der Waals surface area (Å²) in [5.74, 6) is 1.65. The lowest BCUT2D eigenvalue weighted by atomic mass is 10.2. The first-order valence-electron chi connectivity index (χ1n) is 7.81. The molecule has 0 fully saturated rings. The molecule has 0 saturated heterocycles. The summed E-state index contributed by atoms with van der Waals surface area (Å²) >= 11 is 0. The van der Waals surface area contributed by atoms with Crippen molar-refractivity contribution < 1.29 is 9.47 Å². The van der Waals surface area contributed by atoms with Crippen LogP contribution >= 0.6 is 0 Å². The lowest BCUT2D eigenvalue weighted by Gasteiger charge is -2.26. The molecule has 3 rings (SSSR count). The summed E-state index contributed by atoms with van der Waals surface area (Å²) in [6.07, 6.45) is 0.0386. The molecule has 22 heavy (non-hydrogen) atoms. The average molecular weight is 301 g/mol. The first-order chi connectivity index (χ1) is 10.7. The van der Waals surface area contributed by atoms with E-state index in [2.05, 4.69) is 31.2 Å². The molecule has 0 radical (unpaired) electrons. The molecule has 1 aliphatic heterocycles. The van der Waals surface area contributed by atoms with Gasteiger partial charge in [-0.05, 0) is 32.9 Å². The van der Waals surface area contributed by atoms with Crippen molar-refractivity contribution in [1.29, 1.82) is 0 Å². The highest BCUT2D eigenvalue weighted by Gasteiger charge is 2.20. The van der Waals surface area contributed by atoms with Gasteiger partial charge in [-0.1, -0.05) is 12.1 Å². The second-order valence-electron chi connectivity index (χ2n) is 5.59. The number of nitrogens with zero attached hydrogens (tertiary/aromatic N) is 2. The van der Waals surface area contributed by atoms with Crippen molar-refractivity contribution in [3.8, 4) is 11.5 Å². The predicted octanol–water partition coefficient (Wildman–Crippen LogP) is 2.45. The van der Waals surface area contributed by atoms with E-state index in [-0.39, 0.29) is 6.10 Å². The molecule has 0 bridgehead atoms. The number of benzene rings is 1. The molecule has 1 N–H and O–H groups in total. The van der Waals surface area contributed by atoms with Crippen molar-refractivity contribution in [1.82, 2.24) is 15.1 Å². The number of rotatable bonds is 5. The molecule has 5 heteroatoms. The van der Waals surface area contributed by atoms with E-state index in [1.807, 2.05) is 28.9 Å². The van der Waals surface area contributed by atoms with E-state index in [4.69, 9.17) is 9.47 Å². The van der Waals surface area contributed by atoms with E-state index in [0.717, 1.165) is 36.8 Å². The van der Waals surface area contributed by atoms with Crippen molar-refractivity contribution in [3.63, 3.8) is 0 Å². The first kappa shape index (κ1) is 14.9. The molecule has 2 heterocycles. The Bertz CT molecular complexity index is 651. The van der Waals surface area contributed by atoms with Crippen molar-refractivity contribution in [3.05, 3.63) is 41.2 Å². The molecule has 5 nitrogen and oxygen atoms in total. The second kappa shape index (κ2) is 6.40. The van der Waals surface area contributed by atoms with Gasteiger partial charge in [0.05, 0.1) is 5.69 Å². The summed E-state index contributed by atoms with van der Waals surface area (Å²) < 4.78 is 13.7. The number of aryl methyl sites for hydroxylation is 2. The lowest BCUT2D eigenvalue weighted by molar-refractivity contribution is 0.0902. The minimum absolute atomic E-state index is 0.0386. The van der Waals surface area contributed by atoms with Crippen molar-refractivity contribution in [2.24, 2.45) is 0 Å². The second-order valence-corrected chi connectivity index (χ2v) is 5.59. The Labute approximate surface area is 131 Å². The van der Waals surface area contributed by atoms with Gasteiger partial charge in [-0.25, -0.2) is 0 Å². The summed E-state index contributed by atoms with van der Waals surface area (Å²) in [6.45, 7) is 9.34. The smallest absolute Gasteiger partial charge is 0.161 e. The van der Waals surface area contributed by atoms with E-state index in [1.54, 1.807) is 0 Å². The topological polar surface area (TPSA) is 48.3 Å². The Morgan fingerprint density at radius 3 is 2.77 bits per heavy atom. The van der Waals surface area contributed by atoms with Crippen molar-refractivity contribution >= 4 is 0 Å². The maximum atomic E-state index is 5.95. The minimum Gasteiger partial charge on any atom is -0.486 e. The maximum Gasteiger partial charge on any atom is 0.161 e. The summed E-state index contributed by atoms with van der Waals surface area (Å²) in [5, 5.41) is 8.01. The summed E-state index contributed by atoms with van der Waals surface area (Å²) in [5.41, 5.74) is 3.61. The fraction of sp³-hybridized carbons (Fsp3) is 0.471. The molecule has 1 aromatic heterocycles. The Morgan fingerprint density at radius 1 is 1.27 bits per heavy atom. The third kappa shape index (κ3) is 2.95. The zero-order chi connectivity index (χ0) is 15.5. The van der Waals surface area contributed by atoms with E-state index >= 15 is 0 Å². The highest BCUT2D eigenvalue weighted by atomic mass is 16.6. The van der Waals surface area contributed by atoms with Gasteiger partial charge in [0.1, 0.15) is 12.7 Å². The maximum absolute atomic E-state index is 5.95. The number of aromatic nitrogens is 2. The largest absolute Gasteiger partial charge is 0.486 e. The molecule has 2 aromatic rings. The van der Waals surface area contributed by atoms with Gasteiger partial charge in [-0.15, -0.1) is 0 Å². The zero-order valence-electron chi connectivity index (χ0n) is 13.4. The third-order valence-corrected chi connectivity index (χ3v) is 4.07. The van der Waals surface area contributed by atoms with Crippen LogP contribution in [0.2, 0.25) is 0 Å². The number of fused-ring (bicyclic) bond motifs is 1. The van der Waals surface area contributed by atoms with E-state index in [9.17, 15) is 0 Å². The van der Waals surface area contributed by atoms with Gasteiger partial charge in [0.15, 0.2) is 11.5 Å². The van der Waals surface area contributed by atoms with E-state index in [0.29, 0.717) is 6.61 Å². The van der Waals surface area contributed by atoms with E-state index < -0.39 is 0 Å². The van der Waals surface area contributed by atoms with Gasteiger partial charge < -0.3 is 14.8 Å². The Balaban J connectivity index is 1.55. The van der Waals surface area contributed by atoms with Crippen molar-refractivity contribution in [2.75, 3.05) is 13.2 Å². The van der Waals surface area contributed by atoms with Crippen LogP contribution in [0.15, 0.2) is 24.3 Å². The van der Waals surface area contributed by atoms with Gasteiger partial charge >= 0.3 is 0 Å². The van der Waals surface area contributed by atoms with Gasteiger partial charge in [-0.3, -0.25) is 4.68 Å². The average Bonchev–Trinajstić information content (AvgIpc) is 2.82. The number of ether oxygens (including phenoxy) is 2. The lowest BCUT2D eigenvalue weighted by Crippen LogP contribution is -2.38. The molecule has 1 atom stereocenters. The number of nitrogens with one attached hydrogen (secondary N) is 1. The number of hydrogen-bond donors (Lipinski definition) is 1. The van der Waals surface area contributed by atoms with Crippen LogP contribution < -0.4 is 14.8 Å². The summed E-state index contributed by atoms with van der Waals surface area (Å²) in [7, 11) is 0. The van der Waals surface area contributed by atoms with Crippen LogP contribution in [0.4, 0.5) is 0 Å².